The van der Waals surface area contributed by atoms with E-state index >= 15 is 0 Å². The van der Waals surface area contributed by atoms with E-state index in [1.54, 1.807) is 11.1 Å². The molecule has 0 bridgehead atoms. The molecule has 0 atom stereocenters. The SMILES string of the molecule is C=CN1CCC(C)(C)C1=O. The van der Waals surface area contributed by atoms with Crippen LogP contribution in [-0.4, -0.2) is 17.4 Å². The minimum absolute atomic E-state index is 0.159. The van der Waals surface area contributed by atoms with Gasteiger partial charge in [0.1, 0.15) is 0 Å². The molecule has 1 saturated heterocycles. The smallest absolute Gasteiger partial charge is 0.232 e. The molecule has 0 unspecified atom stereocenters. The Morgan fingerprint density at radius 1 is 1.70 bits per heavy atom. The summed E-state index contributed by atoms with van der Waals surface area (Å²) in [6.45, 7) is 8.33. The number of rotatable bonds is 1. The molecule has 0 aromatic rings. The molecule has 1 rings (SSSR count). The molecule has 0 radical (unpaired) electrons. The number of carbonyl (C=O) groups excluding carboxylic acids is 1. The topological polar surface area (TPSA) is 20.3 Å². The van der Waals surface area contributed by atoms with Gasteiger partial charge in [0.2, 0.25) is 5.91 Å². The molecule has 2 heteroatoms. The van der Waals surface area contributed by atoms with Crippen molar-refractivity contribution >= 4 is 5.91 Å². The lowest BCUT2D eigenvalue weighted by Crippen LogP contribution is -2.26. The number of hydrogen-bond acceptors (Lipinski definition) is 1. The average molecular weight is 139 g/mol. The third-order valence-corrected chi connectivity index (χ3v) is 2.04. The number of likely N-dealkylation sites (tertiary alicyclic amines) is 1. The number of carbonyl (C=O) groups is 1. The fourth-order valence-electron chi connectivity index (χ4n) is 1.17. The van der Waals surface area contributed by atoms with Crippen LogP contribution in [0.3, 0.4) is 0 Å². The number of nitrogens with zero attached hydrogens (tertiary/aromatic N) is 1. The Labute approximate surface area is 61.5 Å². The second-order valence-corrected chi connectivity index (χ2v) is 3.32. The Balaban J connectivity index is 2.76. The summed E-state index contributed by atoms with van der Waals surface area (Å²) in [7, 11) is 0. The maximum atomic E-state index is 11.3. The summed E-state index contributed by atoms with van der Waals surface area (Å²) in [4.78, 5) is 13.0. The van der Waals surface area contributed by atoms with Crippen LogP contribution in [0.4, 0.5) is 0 Å². The summed E-state index contributed by atoms with van der Waals surface area (Å²) < 4.78 is 0. The summed E-state index contributed by atoms with van der Waals surface area (Å²) in [6.07, 6.45) is 2.55. The van der Waals surface area contributed by atoms with E-state index in [2.05, 4.69) is 6.58 Å². The van der Waals surface area contributed by atoms with E-state index in [9.17, 15) is 4.79 Å². The van der Waals surface area contributed by atoms with Gasteiger partial charge >= 0.3 is 0 Å². The molecule has 0 aromatic heterocycles. The first kappa shape index (κ1) is 7.32. The first-order valence-electron chi connectivity index (χ1n) is 3.51. The lowest BCUT2D eigenvalue weighted by atomic mass is 9.92. The predicted molar refractivity (Wildman–Crippen MR) is 40.3 cm³/mol. The standard InChI is InChI=1S/C8H13NO/c1-4-9-6-5-8(2,3)7(9)10/h4H,1,5-6H2,2-3H3. The maximum absolute atomic E-state index is 11.3. The van der Waals surface area contributed by atoms with Gasteiger partial charge in [-0.3, -0.25) is 4.79 Å². The number of hydrogen-bond donors (Lipinski definition) is 0. The van der Waals surface area contributed by atoms with Gasteiger partial charge in [0.15, 0.2) is 0 Å². The first-order chi connectivity index (χ1) is 4.58. The Hall–Kier alpha value is -0.790. The van der Waals surface area contributed by atoms with Gasteiger partial charge in [0.05, 0.1) is 0 Å². The highest BCUT2D eigenvalue weighted by atomic mass is 16.2. The molecule has 56 valence electrons. The molecule has 0 aliphatic carbocycles. The fourth-order valence-corrected chi connectivity index (χ4v) is 1.17. The van der Waals surface area contributed by atoms with Gasteiger partial charge < -0.3 is 4.90 Å². The van der Waals surface area contributed by atoms with Gasteiger partial charge in [0.25, 0.3) is 0 Å². The highest BCUT2D eigenvalue weighted by Crippen LogP contribution is 2.30. The van der Waals surface area contributed by atoms with Crippen LogP contribution in [-0.2, 0) is 4.79 Å². The molecule has 1 aliphatic rings. The van der Waals surface area contributed by atoms with Crippen molar-refractivity contribution < 1.29 is 4.79 Å². The van der Waals surface area contributed by atoms with Gasteiger partial charge in [-0.2, -0.15) is 0 Å². The Bertz CT molecular complexity index is 172. The zero-order chi connectivity index (χ0) is 7.78. The quantitative estimate of drug-likeness (QED) is 0.537. The Morgan fingerprint density at radius 2 is 2.30 bits per heavy atom. The second kappa shape index (κ2) is 2.11. The monoisotopic (exact) mass is 139 g/mol. The van der Waals surface area contributed by atoms with Crippen LogP contribution >= 0.6 is 0 Å². The van der Waals surface area contributed by atoms with E-state index in [1.807, 2.05) is 13.8 Å². The van der Waals surface area contributed by atoms with E-state index in [4.69, 9.17) is 0 Å². The molecule has 0 aromatic carbocycles. The Morgan fingerprint density at radius 3 is 2.50 bits per heavy atom. The summed E-state index contributed by atoms with van der Waals surface area (Å²) in [6, 6.07) is 0. The van der Waals surface area contributed by atoms with Crippen molar-refractivity contribution in [3.05, 3.63) is 12.8 Å². The average Bonchev–Trinajstić information content (AvgIpc) is 2.10. The van der Waals surface area contributed by atoms with E-state index in [0.29, 0.717) is 0 Å². The van der Waals surface area contributed by atoms with Crippen LogP contribution in [0.2, 0.25) is 0 Å². The van der Waals surface area contributed by atoms with Crippen molar-refractivity contribution in [2.75, 3.05) is 6.54 Å². The molecular weight excluding hydrogens is 126 g/mol. The molecule has 0 spiro atoms. The minimum Gasteiger partial charge on any atom is -0.319 e. The summed E-state index contributed by atoms with van der Waals surface area (Å²) in [5.41, 5.74) is -0.159. The van der Waals surface area contributed by atoms with Crippen LogP contribution in [0.15, 0.2) is 12.8 Å². The zero-order valence-electron chi connectivity index (χ0n) is 6.55. The van der Waals surface area contributed by atoms with Gasteiger partial charge in [-0.25, -0.2) is 0 Å². The number of amides is 1. The van der Waals surface area contributed by atoms with Crippen LogP contribution < -0.4 is 0 Å². The van der Waals surface area contributed by atoms with Crippen molar-refractivity contribution in [3.63, 3.8) is 0 Å². The van der Waals surface area contributed by atoms with Crippen LogP contribution in [0.5, 0.6) is 0 Å². The molecule has 1 heterocycles. The zero-order valence-corrected chi connectivity index (χ0v) is 6.55. The van der Waals surface area contributed by atoms with Crippen LogP contribution in [0, 0.1) is 5.41 Å². The third kappa shape index (κ3) is 0.939. The summed E-state index contributed by atoms with van der Waals surface area (Å²) >= 11 is 0. The predicted octanol–water partition coefficient (Wildman–Crippen LogP) is 1.39. The Kier molecular flexibility index (Phi) is 1.55. The highest BCUT2D eigenvalue weighted by Gasteiger charge is 2.37. The van der Waals surface area contributed by atoms with Crippen molar-refractivity contribution in [3.8, 4) is 0 Å². The second-order valence-electron chi connectivity index (χ2n) is 3.32. The molecule has 1 aliphatic heterocycles. The molecule has 1 fully saturated rings. The highest BCUT2D eigenvalue weighted by molar-refractivity contribution is 5.84. The van der Waals surface area contributed by atoms with E-state index in [-0.39, 0.29) is 11.3 Å². The minimum atomic E-state index is -0.159. The largest absolute Gasteiger partial charge is 0.319 e. The van der Waals surface area contributed by atoms with Gasteiger partial charge in [-0.15, -0.1) is 0 Å². The van der Waals surface area contributed by atoms with E-state index in [0.717, 1.165) is 13.0 Å². The molecule has 0 N–H and O–H groups in total. The molecule has 0 saturated carbocycles. The van der Waals surface area contributed by atoms with Crippen molar-refractivity contribution in [1.29, 1.82) is 0 Å². The van der Waals surface area contributed by atoms with Crippen molar-refractivity contribution in [2.24, 2.45) is 5.41 Å². The first-order valence-corrected chi connectivity index (χ1v) is 3.51. The van der Waals surface area contributed by atoms with Crippen molar-refractivity contribution in [2.45, 2.75) is 20.3 Å². The molecular formula is C8H13NO. The van der Waals surface area contributed by atoms with Crippen LogP contribution in [0.25, 0.3) is 0 Å². The normalized spacial score (nSPS) is 23.4. The molecule has 2 nitrogen and oxygen atoms in total. The van der Waals surface area contributed by atoms with Gasteiger partial charge in [-0.1, -0.05) is 20.4 Å². The third-order valence-electron chi connectivity index (χ3n) is 2.04. The fraction of sp³-hybridized carbons (Fsp3) is 0.625. The van der Waals surface area contributed by atoms with E-state index in [1.165, 1.54) is 0 Å². The summed E-state index contributed by atoms with van der Waals surface area (Å²) in [5, 5.41) is 0. The van der Waals surface area contributed by atoms with Crippen LogP contribution in [0.1, 0.15) is 20.3 Å². The van der Waals surface area contributed by atoms with Gasteiger partial charge in [0, 0.05) is 12.0 Å². The lowest BCUT2D eigenvalue weighted by Gasteiger charge is -2.14. The van der Waals surface area contributed by atoms with E-state index < -0.39 is 0 Å². The maximum Gasteiger partial charge on any atom is 0.232 e. The summed E-state index contributed by atoms with van der Waals surface area (Å²) in [5.74, 6) is 0.197. The van der Waals surface area contributed by atoms with Crippen molar-refractivity contribution in [1.82, 2.24) is 4.90 Å². The molecule has 10 heavy (non-hydrogen) atoms. The molecule has 1 amide bonds. The van der Waals surface area contributed by atoms with Gasteiger partial charge in [-0.05, 0) is 12.6 Å². The lowest BCUT2D eigenvalue weighted by molar-refractivity contribution is -0.132.